The topological polar surface area (TPSA) is 58.2 Å². The van der Waals surface area contributed by atoms with Crippen molar-refractivity contribution < 1.29 is 9.59 Å². The Morgan fingerprint density at radius 1 is 1.32 bits per heavy atom. The molecule has 2 N–H and O–H groups in total. The number of rotatable bonds is 5. The van der Waals surface area contributed by atoms with Gasteiger partial charge in [0.1, 0.15) is 0 Å². The van der Waals surface area contributed by atoms with E-state index in [1.165, 1.54) is 0 Å². The molecule has 0 heterocycles. The van der Waals surface area contributed by atoms with E-state index in [4.69, 9.17) is 11.6 Å². The summed E-state index contributed by atoms with van der Waals surface area (Å²) in [5.41, 5.74) is 0.445. The third kappa shape index (κ3) is 5.61. The van der Waals surface area contributed by atoms with Crippen molar-refractivity contribution in [3.63, 3.8) is 0 Å². The monoisotopic (exact) mass is 346 g/mol. The molecule has 1 aromatic carbocycles. The van der Waals surface area contributed by atoms with E-state index < -0.39 is 0 Å². The number of nitrogens with one attached hydrogen (secondary N) is 2. The van der Waals surface area contributed by atoms with Crippen LogP contribution in [0.1, 0.15) is 24.2 Å². The predicted molar refractivity (Wildman–Crippen MR) is 79.3 cm³/mol. The van der Waals surface area contributed by atoms with Crippen molar-refractivity contribution in [2.45, 2.75) is 13.8 Å². The zero-order valence-electron chi connectivity index (χ0n) is 10.8. The van der Waals surface area contributed by atoms with E-state index >= 15 is 0 Å². The van der Waals surface area contributed by atoms with E-state index in [2.05, 4.69) is 26.6 Å². The van der Waals surface area contributed by atoms with Crippen LogP contribution in [0.2, 0.25) is 5.02 Å². The molecule has 0 saturated heterocycles. The third-order valence-corrected chi connectivity index (χ3v) is 3.18. The van der Waals surface area contributed by atoms with Crippen LogP contribution in [0.15, 0.2) is 22.7 Å². The number of amides is 2. The van der Waals surface area contributed by atoms with Crippen LogP contribution in [0.4, 0.5) is 0 Å². The number of carbonyl (C=O) groups excluding carboxylic acids is 2. The zero-order chi connectivity index (χ0) is 14.4. The predicted octanol–water partition coefficient (Wildman–Crippen LogP) is 2.60. The van der Waals surface area contributed by atoms with Gasteiger partial charge in [0.25, 0.3) is 5.91 Å². The lowest BCUT2D eigenvalue weighted by atomic mass is 10.2. The van der Waals surface area contributed by atoms with Gasteiger partial charge in [-0.25, -0.2) is 0 Å². The lowest BCUT2D eigenvalue weighted by molar-refractivity contribution is -0.120. The number of benzene rings is 1. The molecule has 0 fully saturated rings. The van der Waals surface area contributed by atoms with Gasteiger partial charge in [0.05, 0.1) is 12.1 Å². The SMILES string of the molecule is CC(C)CNC(=O)CNC(=O)c1ccc(Cl)cc1Br. The van der Waals surface area contributed by atoms with Crippen molar-refractivity contribution >= 4 is 39.3 Å². The van der Waals surface area contributed by atoms with Crippen LogP contribution < -0.4 is 10.6 Å². The molecular weight excluding hydrogens is 332 g/mol. The van der Waals surface area contributed by atoms with Crippen LogP contribution >= 0.6 is 27.5 Å². The molecule has 0 aliphatic heterocycles. The fourth-order valence-corrected chi connectivity index (χ4v) is 2.17. The average molecular weight is 348 g/mol. The van der Waals surface area contributed by atoms with Crippen LogP contribution in [0.5, 0.6) is 0 Å². The molecule has 0 aliphatic carbocycles. The molecule has 0 bridgehead atoms. The number of carbonyl (C=O) groups is 2. The molecular formula is C13H16BrClN2O2. The Balaban J connectivity index is 2.49. The van der Waals surface area contributed by atoms with Gasteiger partial charge < -0.3 is 10.6 Å². The summed E-state index contributed by atoms with van der Waals surface area (Å²) in [6, 6.07) is 4.86. The number of halogens is 2. The highest BCUT2D eigenvalue weighted by atomic mass is 79.9. The van der Waals surface area contributed by atoms with E-state index in [1.807, 2.05) is 13.8 Å². The van der Waals surface area contributed by atoms with Gasteiger partial charge >= 0.3 is 0 Å². The van der Waals surface area contributed by atoms with Gasteiger partial charge in [-0.05, 0) is 40.0 Å². The van der Waals surface area contributed by atoms with E-state index in [0.717, 1.165) is 0 Å². The van der Waals surface area contributed by atoms with Crippen LogP contribution in [-0.2, 0) is 4.79 Å². The standard InChI is InChI=1S/C13H16BrClN2O2/c1-8(2)6-16-12(18)7-17-13(19)10-4-3-9(15)5-11(10)14/h3-5,8H,6-7H2,1-2H3,(H,16,18)(H,17,19). The number of hydrogen-bond donors (Lipinski definition) is 2. The van der Waals surface area contributed by atoms with E-state index in [1.54, 1.807) is 18.2 Å². The summed E-state index contributed by atoms with van der Waals surface area (Å²) in [7, 11) is 0. The molecule has 104 valence electrons. The quantitative estimate of drug-likeness (QED) is 0.860. The van der Waals surface area contributed by atoms with Gasteiger partial charge in [0, 0.05) is 16.0 Å². The molecule has 1 aromatic rings. The Bertz CT molecular complexity index is 478. The highest BCUT2D eigenvalue weighted by Gasteiger charge is 2.11. The second-order valence-corrected chi connectivity index (χ2v) is 5.80. The molecule has 0 radical (unpaired) electrons. The summed E-state index contributed by atoms with van der Waals surface area (Å²) < 4.78 is 0.597. The first-order valence-corrected chi connectivity index (χ1v) is 7.07. The number of hydrogen-bond acceptors (Lipinski definition) is 2. The highest BCUT2D eigenvalue weighted by molar-refractivity contribution is 9.10. The normalized spacial score (nSPS) is 10.4. The Morgan fingerprint density at radius 3 is 2.58 bits per heavy atom. The van der Waals surface area contributed by atoms with Crippen LogP contribution in [0.25, 0.3) is 0 Å². The highest BCUT2D eigenvalue weighted by Crippen LogP contribution is 2.21. The third-order valence-electron chi connectivity index (χ3n) is 2.29. The first-order valence-electron chi connectivity index (χ1n) is 5.90. The van der Waals surface area contributed by atoms with E-state index in [9.17, 15) is 9.59 Å². The summed E-state index contributed by atoms with van der Waals surface area (Å²) >= 11 is 9.05. The van der Waals surface area contributed by atoms with E-state index in [-0.39, 0.29) is 18.4 Å². The fraction of sp³-hybridized carbons (Fsp3) is 0.385. The second kappa shape index (κ2) is 7.50. The Hall–Kier alpha value is -1.07. The molecule has 0 saturated carbocycles. The van der Waals surface area contributed by atoms with Gasteiger partial charge in [-0.1, -0.05) is 25.4 Å². The summed E-state index contributed by atoms with van der Waals surface area (Å²) in [4.78, 5) is 23.3. The van der Waals surface area contributed by atoms with Crippen molar-refractivity contribution in [3.05, 3.63) is 33.3 Å². The molecule has 6 heteroatoms. The molecule has 0 aromatic heterocycles. The maximum absolute atomic E-state index is 11.9. The molecule has 0 atom stereocenters. The minimum absolute atomic E-state index is 0.0411. The minimum atomic E-state index is -0.316. The lowest BCUT2D eigenvalue weighted by Crippen LogP contribution is -2.38. The van der Waals surface area contributed by atoms with Gasteiger partial charge in [0.15, 0.2) is 0 Å². The Morgan fingerprint density at radius 2 is 2.00 bits per heavy atom. The molecule has 0 aliphatic rings. The van der Waals surface area contributed by atoms with Gasteiger partial charge in [-0.3, -0.25) is 9.59 Å². The van der Waals surface area contributed by atoms with Gasteiger partial charge in [-0.2, -0.15) is 0 Å². The smallest absolute Gasteiger partial charge is 0.252 e. The summed E-state index contributed by atoms with van der Waals surface area (Å²) in [5, 5.41) is 5.82. The molecule has 19 heavy (non-hydrogen) atoms. The molecule has 0 spiro atoms. The van der Waals surface area contributed by atoms with Crippen molar-refractivity contribution in [1.82, 2.24) is 10.6 Å². The molecule has 4 nitrogen and oxygen atoms in total. The Kier molecular flexibility index (Phi) is 6.31. The van der Waals surface area contributed by atoms with Crippen molar-refractivity contribution in [2.24, 2.45) is 5.92 Å². The van der Waals surface area contributed by atoms with Crippen LogP contribution in [0, 0.1) is 5.92 Å². The minimum Gasteiger partial charge on any atom is -0.354 e. The van der Waals surface area contributed by atoms with Gasteiger partial charge in [0.2, 0.25) is 5.91 Å². The molecule has 0 unspecified atom stereocenters. The van der Waals surface area contributed by atoms with Crippen LogP contribution in [-0.4, -0.2) is 24.9 Å². The van der Waals surface area contributed by atoms with Crippen LogP contribution in [0.3, 0.4) is 0 Å². The van der Waals surface area contributed by atoms with E-state index in [0.29, 0.717) is 27.5 Å². The summed E-state index contributed by atoms with van der Waals surface area (Å²) in [6.07, 6.45) is 0. The molecule has 2 amide bonds. The lowest BCUT2D eigenvalue weighted by Gasteiger charge is -2.09. The Labute approximate surface area is 126 Å². The summed E-state index contributed by atoms with van der Waals surface area (Å²) in [6.45, 7) is 4.56. The largest absolute Gasteiger partial charge is 0.354 e. The maximum Gasteiger partial charge on any atom is 0.252 e. The van der Waals surface area contributed by atoms with Crippen molar-refractivity contribution in [1.29, 1.82) is 0 Å². The average Bonchev–Trinajstić information content (AvgIpc) is 2.33. The summed E-state index contributed by atoms with van der Waals surface area (Å²) in [5.74, 6) is -0.138. The molecule has 1 rings (SSSR count). The van der Waals surface area contributed by atoms with Crippen molar-refractivity contribution in [2.75, 3.05) is 13.1 Å². The first kappa shape index (κ1) is 16.0. The van der Waals surface area contributed by atoms with Crippen molar-refractivity contribution in [3.8, 4) is 0 Å². The van der Waals surface area contributed by atoms with Gasteiger partial charge in [-0.15, -0.1) is 0 Å². The second-order valence-electron chi connectivity index (χ2n) is 4.50. The zero-order valence-corrected chi connectivity index (χ0v) is 13.1. The fourth-order valence-electron chi connectivity index (χ4n) is 1.31. The first-order chi connectivity index (χ1) is 8.90. The maximum atomic E-state index is 11.9.